The number of carbonyl (C=O) groups excluding carboxylic acids is 1. The molecule has 2 fully saturated rings. The third-order valence-electron chi connectivity index (χ3n) is 8.54. The van der Waals surface area contributed by atoms with Crippen molar-refractivity contribution in [2.75, 3.05) is 19.7 Å². The van der Waals surface area contributed by atoms with E-state index in [9.17, 15) is 18.0 Å². The number of fused-ring (bicyclic) bond motifs is 3. The monoisotopic (exact) mass is 532 g/mol. The van der Waals surface area contributed by atoms with Gasteiger partial charge in [0.1, 0.15) is 0 Å². The molecule has 0 amide bonds. The second kappa shape index (κ2) is 9.38. The highest BCUT2D eigenvalue weighted by Gasteiger charge is 2.56. The molecule has 3 atom stereocenters. The maximum absolute atomic E-state index is 13.1. The zero-order valence-corrected chi connectivity index (χ0v) is 21.7. The molecular weight excluding hydrogens is 501 g/mol. The van der Waals surface area contributed by atoms with E-state index in [-0.39, 0.29) is 11.0 Å². The molecule has 3 heterocycles. The van der Waals surface area contributed by atoms with Gasteiger partial charge in [-0.2, -0.15) is 18.3 Å². The summed E-state index contributed by atoms with van der Waals surface area (Å²) in [4.78, 5) is 20.9. The lowest BCUT2D eigenvalue weighted by molar-refractivity contribution is -0.153. The maximum Gasteiger partial charge on any atom is 0.422 e. The first kappa shape index (κ1) is 24.9. The Morgan fingerprint density at radius 3 is 3.00 bits per heavy atom. The Balaban J connectivity index is 0.990. The molecule has 10 heteroatoms. The standard InChI is InChI=1S/C27H31F3N4O2S/c1-33-14-20-19(3-2-4-21(20)32-33)23(35)12-17-5-7-26(13-18(26)11-17)8-10-34-9-6-24-22(15-34)31-25(37-24)36-16-27(28,29)30/h2-4,14,17-18H,5-13,15-16H2,1H3/t17-,18+,26+/m0/s1. The average molecular weight is 533 g/mol. The molecule has 0 bridgehead atoms. The lowest BCUT2D eigenvalue weighted by Gasteiger charge is -2.31. The van der Waals surface area contributed by atoms with Gasteiger partial charge >= 0.3 is 6.18 Å². The van der Waals surface area contributed by atoms with Gasteiger partial charge < -0.3 is 4.74 Å². The van der Waals surface area contributed by atoms with Crippen molar-refractivity contribution < 1.29 is 22.7 Å². The Morgan fingerprint density at radius 1 is 1.32 bits per heavy atom. The molecule has 3 aromatic rings. The molecule has 37 heavy (non-hydrogen) atoms. The number of nitrogens with zero attached hydrogens (tertiary/aromatic N) is 4. The Hall–Kier alpha value is -2.46. The summed E-state index contributed by atoms with van der Waals surface area (Å²) < 4.78 is 44.0. The molecule has 1 aliphatic heterocycles. The Morgan fingerprint density at radius 2 is 2.19 bits per heavy atom. The summed E-state index contributed by atoms with van der Waals surface area (Å²) in [7, 11) is 1.88. The van der Waals surface area contributed by atoms with Gasteiger partial charge in [0.15, 0.2) is 12.4 Å². The normalized spacial score (nSPS) is 25.6. The average Bonchev–Trinajstić information content (AvgIpc) is 3.19. The van der Waals surface area contributed by atoms with Gasteiger partial charge in [-0.15, -0.1) is 0 Å². The number of benzene rings is 1. The van der Waals surface area contributed by atoms with Crippen LogP contribution < -0.4 is 4.74 Å². The number of halogens is 3. The number of alkyl halides is 3. The third-order valence-corrected chi connectivity index (χ3v) is 9.61. The van der Waals surface area contributed by atoms with Gasteiger partial charge in [-0.25, -0.2) is 4.98 Å². The molecule has 198 valence electrons. The van der Waals surface area contributed by atoms with E-state index in [1.807, 2.05) is 31.4 Å². The van der Waals surface area contributed by atoms with Crippen LogP contribution in [0.15, 0.2) is 24.4 Å². The van der Waals surface area contributed by atoms with Crippen LogP contribution in [0.2, 0.25) is 0 Å². The van der Waals surface area contributed by atoms with Crippen molar-refractivity contribution in [3.63, 3.8) is 0 Å². The fourth-order valence-electron chi connectivity index (χ4n) is 6.48. The van der Waals surface area contributed by atoms with Crippen LogP contribution in [0.1, 0.15) is 59.5 Å². The molecule has 6 rings (SSSR count). The fraction of sp³-hybridized carbons (Fsp3) is 0.593. The Kier molecular flexibility index (Phi) is 6.30. The minimum absolute atomic E-state index is 0.123. The lowest BCUT2D eigenvalue weighted by Crippen LogP contribution is -2.33. The van der Waals surface area contributed by atoms with Crippen LogP contribution in [0, 0.1) is 17.3 Å². The highest BCUT2D eigenvalue weighted by molar-refractivity contribution is 7.13. The van der Waals surface area contributed by atoms with Crippen LogP contribution in [-0.2, 0) is 20.0 Å². The van der Waals surface area contributed by atoms with Gasteiger partial charge in [0.05, 0.1) is 11.2 Å². The van der Waals surface area contributed by atoms with Gasteiger partial charge in [-0.05, 0) is 68.4 Å². The van der Waals surface area contributed by atoms with Crippen LogP contribution in [0.25, 0.3) is 10.9 Å². The van der Waals surface area contributed by atoms with Gasteiger partial charge in [0.2, 0.25) is 0 Å². The molecule has 0 saturated heterocycles. The van der Waals surface area contributed by atoms with E-state index in [1.165, 1.54) is 24.2 Å². The van der Waals surface area contributed by atoms with Crippen LogP contribution in [0.3, 0.4) is 0 Å². The summed E-state index contributed by atoms with van der Waals surface area (Å²) in [6.45, 7) is 1.28. The second-order valence-corrected chi connectivity index (χ2v) is 12.1. The van der Waals surface area contributed by atoms with E-state index in [1.54, 1.807) is 4.68 Å². The first-order valence-corrected chi connectivity index (χ1v) is 13.9. The third kappa shape index (κ3) is 5.27. The summed E-state index contributed by atoms with van der Waals surface area (Å²) in [5, 5.41) is 5.49. The maximum atomic E-state index is 13.1. The molecule has 3 aliphatic rings. The van der Waals surface area contributed by atoms with Crippen molar-refractivity contribution in [1.29, 1.82) is 0 Å². The largest absolute Gasteiger partial charge is 0.460 e. The van der Waals surface area contributed by atoms with E-state index < -0.39 is 12.8 Å². The van der Waals surface area contributed by atoms with Crippen molar-refractivity contribution in [2.45, 2.75) is 57.7 Å². The molecule has 2 aliphatic carbocycles. The van der Waals surface area contributed by atoms with Gasteiger partial charge in [-0.3, -0.25) is 14.4 Å². The van der Waals surface area contributed by atoms with Crippen molar-refractivity contribution in [3.8, 4) is 5.19 Å². The summed E-state index contributed by atoms with van der Waals surface area (Å²) in [5.74, 6) is 1.38. The lowest BCUT2D eigenvalue weighted by atomic mass is 9.77. The van der Waals surface area contributed by atoms with E-state index in [0.29, 0.717) is 30.2 Å². The molecule has 1 aromatic carbocycles. The van der Waals surface area contributed by atoms with Crippen LogP contribution in [0.4, 0.5) is 13.2 Å². The quantitative estimate of drug-likeness (QED) is 0.343. The van der Waals surface area contributed by atoms with Crippen LogP contribution in [-0.4, -0.2) is 51.3 Å². The van der Waals surface area contributed by atoms with Gasteiger partial charge in [0.25, 0.3) is 5.19 Å². The number of rotatable bonds is 8. The highest BCUT2D eigenvalue weighted by atomic mass is 32.1. The molecule has 2 aromatic heterocycles. The topological polar surface area (TPSA) is 60.2 Å². The van der Waals surface area contributed by atoms with Gasteiger partial charge in [-0.1, -0.05) is 23.5 Å². The predicted molar refractivity (Wildman–Crippen MR) is 135 cm³/mol. The smallest absolute Gasteiger partial charge is 0.422 e. The van der Waals surface area contributed by atoms with E-state index in [4.69, 9.17) is 4.74 Å². The minimum Gasteiger partial charge on any atom is -0.460 e. The number of carbonyl (C=O) groups is 1. The summed E-state index contributed by atoms with van der Waals surface area (Å²) >= 11 is 1.24. The zero-order chi connectivity index (χ0) is 25.8. The second-order valence-electron chi connectivity index (χ2n) is 11.1. The molecule has 6 nitrogen and oxygen atoms in total. The van der Waals surface area contributed by atoms with E-state index in [2.05, 4.69) is 15.0 Å². The highest BCUT2D eigenvalue weighted by Crippen LogP contribution is 2.65. The number of hydrogen-bond donors (Lipinski definition) is 0. The summed E-state index contributed by atoms with van der Waals surface area (Å²) in [5.41, 5.74) is 2.93. The molecule has 0 unspecified atom stereocenters. The van der Waals surface area contributed by atoms with Crippen molar-refractivity contribution >= 4 is 28.0 Å². The molecule has 2 saturated carbocycles. The Bertz CT molecular complexity index is 1320. The van der Waals surface area contributed by atoms with Gasteiger partial charge in [0, 0.05) is 48.6 Å². The minimum atomic E-state index is -4.35. The van der Waals surface area contributed by atoms with Crippen molar-refractivity contribution in [3.05, 3.63) is 40.5 Å². The number of hydrogen-bond acceptors (Lipinski definition) is 6. The molecule has 0 spiro atoms. The summed E-state index contributed by atoms with van der Waals surface area (Å²) in [6, 6.07) is 5.79. The SMILES string of the molecule is Cn1cc2c(C(=O)C[C@H]3CC[C@@]4(CCN5CCc6sc(OCC(F)(F)F)nc6C5)C[C@H]4C3)cccc2n1. The first-order valence-electron chi connectivity index (χ1n) is 13.0. The summed E-state index contributed by atoms with van der Waals surface area (Å²) in [6.07, 6.45) is 4.80. The number of ketones is 1. The predicted octanol–water partition coefficient (Wildman–Crippen LogP) is 5.80. The number of aryl methyl sites for hydroxylation is 1. The number of Topliss-reactive ketones (excluding diaryl/α,β-unsaturated/α-hetero) is 1. The van der Waals surface area contributed by atoms with Crippen LogP contribution >= 0.6 is 11.3 Å². The molecular formula is C27H31F3N4O2S. The number of aromatic nitrogens is 3. The first-order chi connectivity index (χ1) is 17.7. The van der Waals surface area contributed by atoms with Crippen molar-refractivity contribution in [2.24, 2.45) is 24.3 Å². The number of ether oxygens (including phenoxy) is 1. The molecule has 0 radical (unpaired) electrons. The van der Waals surface area contributed by atoms with Crippen LogP contribution in [0.5, 0.6) is 5.19 Å². The Labute approximate surface area is 217 Å². The fourth-order valence-corrected chi connectivity index (χ4v) is 7.39. The zero-order valence-electron chi connectivity index (χ0n) is 20.9. The molecule has 0 N–H and O–H groups in total. The number of thiazole rings is 1. The van der Waals surface area contributed by atoms with E-state index >= 15 is 0 Å². The van der Waals surface area contributed by atoms with Crippen molar-refractivity contribution in [1.82, 2.24) is 19.7 Å². The van der Waals surface area contributed by atoms with E-state index in [0.717, 1.165) is 65.8 Å².